The Morgan fingerprint density at radius 3 is 2.44 bits per heavy atom. The van der Waals surface area contributed by atoms with E-state index < -0.39 is 11.8 Å². The van der Waals surface area contributed by atoms with Gasteiger partial charge in [-0.1, -0.05) is 30.8 Å². The predicted molar refractivity (Wildman–Crippen MR) is 90.2 cm³/mol. The summed E-state index contributed by atoms with van der Waals surface area (Å²) in [7, 11) is 0. The largest absolute Gasteiger partial charge is 0.508 e. The molecule has 1 heterocycles. The van der Waals surface area contributed by atoms with Crippen LogP contribution in [0, 0.1) is 0 Å². The van der Waals surface area contributed by atoms with Gasteiger partial charge >= 0.3 is 0 Å². The summed E-state index contributed by atoms with van der Waals surface area (Å²) in [5.74, 6) is -1.53. The Bertz CT molecular complexity index is 856. The first kappa shape index (κ1) is 16.3. The number of phenols is 1. The fourth-order valence-electron chi connectivity index (χ4n) is 2.53. The van der Waals surface area contributed by atoms with E-state index in [2.05, 4.69) is 17.4 Å². The van der Waals surface area contributed by atoms with Crippen LogP contribution in [0.15, 0.2) is 55.1 Å². The smallest absolute Gasteiger partial charge is 0.269 e. The topological polar surface area (TPSA) is 98.7 Å². The summed E-state index contributed by atoms with van der Waals surface area (Å²) in [6.07, 6.45) is 0. The Morgan fingerprint density at radius 2 is 1.76 bits per heavy atom. The van der Waals surface area contributed by atoms with Crippen molar-refractivity contribution in [2.24, 2.45) is 0 Å². The minimum absolute atomic E-state index is 0.0595. The third-order valence-electron chi connectivity index (χ3n) is 3.76. The molecule has 1 aliphatic rings. The van der Waals surface area contributed by atoms with Gasteiger partial charge in [0.25, 0.3) is 17.7 Å². The fourth-order valence-corrected chi connectivity index (χ4v) is 2.53. The van der Waals surface area contributed by atoms with E-state index in [1.54, 1.807) is 24.3 Å². The molecule has 0 bridgehead atoms. The molecule has 3 rings (SSSR count). The minimum atomic E-state index is -0.584. The van der Waals surface area contributed by atoms with Crippen molar-refractivity contribution in [3.8, 4) is 5.75 Å². The number of rotatable bonds is 3. The molecule has 0 saturated carbocycles. The normalized spacial score (nSPS) is 12.7. The number of fused-ring (bicyclic) bond motifs is 1. The molecule has 3 N–H and O–H groups in total. The molecule has 2 aromatic carbocycles. The monoisotopic (exact) mass is 337 g/mol. The van der Waals surface area contributed by atoms with Crippen molar-refractivity contribution in [3.63, 3.8) is 0 Å². The van der Waals surface area contributed by atoms with Crippen LogP contribution in [0.1, 0.15) is 26.3 Å². The van der Waals surface area contributed by atoms with Gasteiger partial charge in [0.1, 0.15) is 12.3 Å². The highest BCUT2D eigenvalue weighted by molar-refractivity contribution is 6.10. The molecule has 0 aromatic heterocycles. The standard InChI is InChI=1S/C18H15N3O4/c1-11-14-7-2-3-8-15(14)18(25)21(11)10-16(23)19-20-17(24)12-5-4-6-13(22)9-12/h2-9,22H,1,10H2,(H,19,23)(H,20,24). The van der Waals surface area contributed by atoms with E-state index in [-0.39, 0.29) is 23.8 Å². The van der Waals surface area contributed by atoms with E-state index in [1.165, 1.54) is 29.2 Å². The van der Waals surface area contributed by atoms with Gasteiger partial charge in [0.15, 0.2) is 0 Å². The molecule has 0 atom stereocenters. The van der Waals surface area contributed by atoms with E-state index in [9.17, 15) is 19.5 Å². The highest BCUT2D eigenvalue weighted by Crippen LogP contribution is 2.30. The van der Waals surface area contributed by atoms with Crippen molar-refractivity contribution < 1.29 is 19.5 Å². The lowest BCUT2D eigenvalue weighted by Gasteiger charge is -2.17. The van der Waals surface area contributed by atoms with Crippen molar-refractivity contribution in [1.29, 1.82) is 0 Å². The first-order valence-corrected chi connectivity index (χ1v) is 7.46. The van der Waals surface area contributed by atoms with Gasteiger partial charge in [-0.15, -0.1) is 0 Å². The first-order valence-electron chi connectivity index (χ1n) is 7.46. The number of carbonyl (C=O) groups is 3. The van der Waals surface area contributed by atoms with Crippen molar-refractivity contribution in [2.45, 2.75) is 0 Å². The van der Waals surface area contributed by atoms with Crippen LogP contribution in [0.2, 0.25) is 0 Å². The van der Waals surface area contributed by atoms with Crippen LogP contribution in [0.5, 0.6) is 5.75 Å². The molecular weight excluding hydrogens is 322 g/mol. The molecule has 7 heteroatoms. The van der Waals surface area contributed by atoms with Crippen LogP contribution >= 0.6 is 0 Å². The fraction of sp³-hybridized carbons (Fsp3) is 0.0556. The van der Waals surface area contributed by atoms with Crippen molar-refractivity contribution in [1.82, 2.24) is 15.8 Å². The van der Waals surface area contributed by atoms with Gasteiger partial charge in [-0.3, -0.25) is 30.1 Å². The molecule has 0 aliphatic carbocycles. The van der Waals surface area contributed by atoms with Crippen LogP contribution < -0.4 is 10.9 Å². The summed E-state index contributed by atoms with van der Waals surface area (Å²) < 4.78 is 0. The van der Waals surface area contributed by atoms with Crippen LogP contribution in [0.4, 0.5) is 0 Å². The van der Waals surface area contributed by atoms with Gasteiger partial charge in [0, 0.05) is 22.4 Å². The van der Waals surface area contributed by atoms with Crippen molar-refractivity contribution >= 4 is 23.4 Å². The van der Waals surface area contributed by atoms with Gasteiger partial charge in [0.05, 0.1) is 0 Å². The van der Waals surface area contributed by atoms with E-state index >= 15 is 0 Å². The zero-order chi connectivity index (χ0) is 18.0. The van der Waals surface area contributed by atoms with Gasteiger partial charge in [-0.25, -0.2) is 0 Å². The average molecular weight is 337 g/mol. The number of amides is 3. The zero-order valence-electron chi connectivity index (χ0n) is 13.2. The molecule has 0 spiro atoms. The number of hydrogen-bond acceptors (Lipinski definition) is 4. The SMILES string of the molecule is C=C1c2ccccc2C(=O)N1CC(=O)NNC(=O)c1cccc(O)c1. The van der Waals surface area contributed by atoms with Crippen molar-refractivity contribution in [3.05, 3.63) is 71.8 Å². The number of nitrogens with zero attached hydrogens (tertiary/aromatic N) is 1. The second-order valence-electron chi connectivity index (χ2n) is 5.44. The molecule has 0 fully saturated rings. The van der Waals surface area contributed by atoms with Gasteiger partial charge in [-0.2, -0.15) is 0 Å². The Balaban J connectivity index is 1.60. The number of benzene rings is 2. The second kappa shape index (κ2) is 6.48. The lowest BCUT2D eigenvalue weighted by molar-refractivity contribution is -0.122. The van der Waals surface area contributed by atoms with Crippen LogP contribution in [-0.4, -0.2) is 34.3 Å². The molecule has 1 aliphatic heterocycles. The second-order valence-corrected chi connectivity index (χ2v) is 5.44. The summed E-state index contributed by atoms with van der Waals surface area (Å²) in [4.78, 5) is 37.5. The number of phenolic OH excluding ortho intramolecular Hbond substituents is 1. The molecule has 0 saturated heterocycles. The molecule has 3 amide bonds. The highest BCUT2D eigenvalue weighted by Gasteiger charge is 2.31. The summed E-state index contributed by atoms with van der Waals surface area (Å²) in [6.45, 7) is 3.57. The van der Waals surface area contributed by atoms with Crippen LogP contribution in [0.25, 0.3) is 5.70 Å². The summed E-state index contributed by atoms with van der Waals surface area (Å²) in [5.41, 5.74) is 6.28. The Morgan fingerprint density at radius 1 is 1.04 bits per heavy atom. The summed E-state index contributed by atoms with van der Waals surface area (Å²) >= 11 is 0. The van der Waals surface area contributed by atoms with Crippen LogP contribution in [0.3, 0.4) is 0 Å². The maximum Gasteiger partial charge on any atom is 0.269 e. The van der Waals surface area contributed by atoms with Crippen molar-refractivity contribution in [2.75, 3.05) is 6.54 Å². The molecule has 126 valence electrons. The maximum absolute atomic E-state index is 12.3. The number of aromatic hydroxyl groups is 1. The molecular formula is C18H15N3O4. The zero-order valence-corrected chi connectivity index (χ0v) is 13.2. The molecule has 0 radical (unpaired) electrons. The number of carbonyl (C=O) groups excluding carboxylic acids is 3. The predicted octanol–water partition coefficient (Wildman–Crippen LogP) is 1.28. The lowest BCUT2D eigenvalue weighted by Crippen LogP contribution is -2.46. The van der Waals surface area contributed by atoms with Gasteiger partial charge < -0.3 is 5.11 Å². The van der Waals surface area contributed by atoms with E-state index in [0.717, 1.165) is 0 Å². The quantitative estimate of drug-likeness (QED) is 0.735. The summed E-state index contributed by atoms with van der Waals surface area (Å²) in [5, 5.41) is 9.35. The van der Waals surface area contributed by atoms with E-state index in [1.807, 2.05) is 0 Å². The third kappa shape index (κ3) is 3.20. The number of hydrazine groups is 1. The first-order chi connectivity index (χ1) is 12.0. The van der Waals surface area contributed by atoms with Gasteiger partial charge in [-0.05, 0) is 24.3 Å². The van der Waals surface area contributed by atoms with E-state index in [4.69, 9.17) is 0 Å². The number of nitrogens with one attached hydrogen (secondary N) is 2. The molecule has 25 heavy (non-hydrogen) atoms. The molecule has 7 nitrogen and oxygen atoms in total. The molecule has 0 unspecified atom stereocenters. The molecule has 2 aromatic rings. The van der Waals surface area contributed by atoms with Crippen LogP contribution in [-0.2, 0) is 4.79 Å². The lowest BCUT2D eigenvalue weighted by atomic mass is 10.1. The average Bonchev–Trinajstić information content (AvgIpc) is 2.85. The third-order valence-corrected chi connectivity index (χ3v) is 3.76. The highest BCUT2D eigenvalue weighted by atomic mass is 16.3. The Kier molecular flexibility index (Phi) is 4.21. The summed E-state index contributed by atoms with van der Waals surface area (Å²) in [6, 6.07) is 12.7. The Labute approximate surface area is 143 Å². The number of hydrogen-bond donors (Lipinski definition) is 3. The Hall–Kier alpha value is -3.61. The maximum atomic E-state index is 12.3. The van der Waals surface area contributed by atoms with E-state index in [0.29, 0.717) is 16.8 Å². The minimum Gasteiger partial charge on any atom is -0.508 e. The van der Waals surface area contributed by atoms with Gasteiger partial charge in [0.2, 0.25) is 0 Å².